The first-order chi connectivity index (χ1) is 13.7. The lowest BCUT2D eigenvalue weighted by molar-refractivity contribution is -0.117. The maximum Gasteiger partial charge on any atom is 0.251 e. The van der Waals surface area contributed by atoms with Gasteiger partial charge in [0.05, 0.1) is 19.3 Å². The van der Waals surface area contributed by atoms with Crippen LogP contribution in [0.4, 0.5) is 5.69 Å². The van der Waals surface area contributed by atoms with E-state index in [0.29, 0.717) is 18.5 Å². The molecule has 28 heavy (non-hydrogen) atoms. The number of hydrogen-bond acceptors (Lipinski definition) is 5. The first kappa shape index (κ1) is 19.1. The third-order valence-corrected chi connectivity index (χ3v) is 6.30. The number of amides is 2. The van der Waals surface area contributed by atoms with Gasteiger partial charge in [0.25, 0.3) is 5.91 Å². The van der Waals surface area contributed by atoms with E-state index >= 15 is 0 Å². The van der Waals surface area contributed by atoms with E-state index in [-0.39, 0.29) is 17.9 Å². The van der Waals surface area contributed by atoms with Gasteiger partial charge in [-0.25, -0.2) is 0 Å². The van der Waals surface area contributed by atoms with Gasteiger partial charge in [-0.1, -0.05) is 6.07 Å². The molecule has 1 N–H and O–H groups in total. The normalized spacial score (nSPS) is 19.0. The molecule has 0 bridgehead atoms. The quantitative estimate of drug-likeness (QED) is 0.811. The molecule has 2 aliphatic heterocycles. The average molecular weight is 400 g/mol. The second-order valence-corrected chi connectivity index (χ2v) is 8.06. The van der Waals surface area contributed by atoms with E-state index < -0.39 is 0 Å². The van der Waals surface area contributed by atoms with Crippen LogP contribution in [0.2, 0.25) is 0 Å². The van der Waals surface area contributed by atoms with Gasteiger partial charge < -0.3 is 15.0 Å². The minimum atomic E-state index is -0.0888. The number of carbonyl (C=O) groups is 2. The van der Waals surface area contributed by atoms with E-state index in [1.54, 1.807) is 28.4 Å². The van der Waals surface area contributed by atoms with Crippen molar-refractivity contribution in [1.82, 2.24) is 10.2 Å². The number of hydrogen-bond donors (Lipinski definition) is 1. The molecule has 1 aromatic carbocycles. The molecule has 0 radical (unpaired) electrons. The van der Waals surface area contributed by atoms with Crippen LogP contribution >= 0.6 is 11.3 Å². The van der Waals surface area contributed by atoms with Crippen LogP contribution < -0.4 is 10.2 Å². The Morgan fingerprint density at radius 1 is 1.14 bits per heavy atom. The number of ether oxygens (including phenoxy) is 1. The molecule has 0 saturated carbocycles. The highest BCUT2D eigenvalue weighted by molar-refractivity contribution is 7.10. The van der Waals surface area contributed by atoms with E-state index in [9.17, 15) is 9.59 Å². The number of anilines is 1. The molecule has 6 nitrogen and oxygen atoms in total. The fourth-order valence-electron chi connectivity index (χ4n) is 3.78. The van der Waals surface area contributed by atoms with Crippen molar-refractivity contribution < 1.29 is 14.3 Å². The summed E-state index contributed by atoms with van der Waals surface area (Å²) >= 11 is 1.72. The largest absolute Gasteiger partial charge is 0.379 e. The van der Waals surface area contributed by atoms with Gasteiger partial charge in [-0.3, -0.25) is 14.5 Å². The summed E-state index contributed by atoms with van der Waals surface area (Å²) in [4.78, 5) is 29.9. The molecule has 2 fully saturated rings. The van der Waals surface area contributed by atoms with Crippen LogP contribution in [-0.2, 0) is 9.53 Å². The summed E-state index contributed by atoms with van der Waals surface area (Å²) in [6.45, 7) is 4.52. The van der Waals surface area contributed by atoms with E-state index in [2.05, 4.69) is 21.7 Å². The topological polar surface area (TPSA) is 61.9 Å². The SMILES string of the molecule is O=C(NCC(c1cccs1)N1CCOCC1)c1ccc(N2CCCC2=O)cc1. The lowest BCUT2D eigenvalue weighted by atomic mass is 10.1. The smallest absolute Gasteiger partial charge is 0.251 e. The third-order valence-electron chi connectivity index (χ3n) is 5.33. The summed E-state index contributed by atoms with van der Waals surface area (Å²) in [5, 5.41) is 5.16. The molecule has 148 valence electrons. The number of carbonyl (C=O) groups excluding carboxylic acids is 2. The summed E-state index contributed by atoms with van der Waals surface area (Å²) in [5.74, 6) is 0.0654. The Bertz CT molecular complexity index is 801. The molecule has 1 aromatic heterocycles. The van der Waals surface area contributed by atoms with Crippen molar-refractivity contribution in [1.29, 1.82) is 0 Å². The number of benzene rings is 1. The van der Waals surface area contributed by atoms with Gasteiger partial charge in [0.2, 0.25) is 5.91 Å². The number of rotatable bonds is 6. The first-order valence-electron chi connectivity index (χ1n) is 9.76. The van der Waals surface area contributed by atoms with Gasteiger partial charge in [-0.05, 0) is 42.1 Å². The lowest BCUT2D eigenvalue weighted by Crippen LogP contribution is -2.43. The average Bonchev–Trinajstić information content (AvgIpc) is 3.41. The second kappa shape index (κ2) is 8.86. The van der Waals surface area contributed by atoms with Crippen molar-refractivity contribution in [2.24, 2.45) is 0 Å². The molecular formula is C21H25N3O3S. The number of nitrogens with one attached hydrogen (secondary N) is 1. The number of morpholine rings is 1. The summed E-state index contributed by atoms with van der Waals surface area (Å²) in [6, 6.07) is 11.6. The van der Waals surface area contributed by atoms with Gasteiger partial charge in [-0.2, -0.15) is 0 Å². The van der Waals surface area contributed by atoms with Gasteiger partial charge in [0, 0.05) is 48.7 Å². The lowest BCUT2D eigenvalue weighted by Gasteiger charge is -2.34. The monoisotopic (exact) mass is 399 g/mol. The van der Waals surface area contributed by atoms with Crippen molar-refractivity contribution in [3.8, 4) is 0 Å². The van der Waals surface area contributed by atoms with Crippen molar-refractivity contribution in [3.05, 3.63) is 52.2 Å². The molecule has 0 aliphatic carbocycles. The van der Waals surface area contributed by atoms with Crippen molar-refractivity contribution >= 4 is 28.8 Å². The Labute approximate surface area is 169 Å². The van der Waals surface area contributed by atoms with Crippen LogP contribution in [0.3, 0.4) is 0 Å². The highest BCUT2D eigenvalue weighted by Gasteiger charge is 2.25. The summed E-state index contributed by atoms with van der Waals surface area (Å²) in [5.41, 5.74) is 1.48. The van der Waals surface area contributed by atoms with Crippen LogP contribution in [-0.4, -0.2) is 56.1 Å². The van der Waals surface area contributed by atoms with Crippen molar-refractivity contribution in [3.63, 3.8) is 0 Å². The molecule has 1 atom stereocenters. The van der Waals surface area contributed by atoms with Gasteiger partial charge in [0.15, 0.2) is 0 Å². The standard InChI is InChI=1S/C21H25N3O3S/c25-20-4-1-9-24(20)17-7-5-16(6-8-17)21(26)22-15-18(19-3-2-14-28-19)23-10-12-27-13-11-23/h2-3,5-8,14,18H,1,4,9-13,15H2,(H,22,26). The second-order valence-electron chi connectivity index (χ2n) is 7.09. The van der Waals surface area contributed by atoms with Gasteiger partial charge in [-0.15, -0.1) is 11.3 Å². The Morgan fingerprint density at radius 3 is 2.57 bits per heavy atom. The minimum absolute atomic E-state index is 0.0888. The van der Waals surface area contributed by atoms with Crippen molar-refractivity contribution in [2.75, 3.05) is 44.3 Å². The predicted molar refractivity (Wildman–Crippen MR) is 110 cm³/mol. The maximum atomic E-state index is 12.7. The molecule has 3 heterocycles. The van der Waals surface area contributed by atoms with Crippen LogP contribution in [0.1, 0.15) is 34.1 Å². The highest BCUT2D eigenvalue weighted by atomic mass is 32.1. The molecule has 2 aliphatic rings. The fraction of sp³-hybridized carbons (Fsp3) is 0.429. The zero-order valence-electron chi connectivity index (χ0n) is 15.8. The predicted octanol–water partition coefficient (Wildman–Crippen LogP) is 2.68. The van der Waals surface area contributed by atoms with Gasteiger partial charge >= 0.3 is 0 Å². The third kappa shape index (κ3) is 4.27. The van der Waals surface area contributed by atoms with Gasteiger partial charge in [0.1, 0.15) is 0 Å². The molecule has 2 amide bonds. The van der Waals surface area contributed by atoms with Crippen molar-refractivity contribution in [2.45, 2.75) is 18.9 Å². The zero-order valence-corrected chi connectivity index (χ0v) is 16.6. The molecule has 0 spiro atoms. The molecule has 2 saturated heterocycles. The van der Waals surface area contributed by atoms with E-state index in [1.165, 1.54) is 4.88 Å². The Morgan fingerprint density at radius 2 is 1.93 bits per heavy atom. The number of thiophene rings is 1. The molecule has 4 rings (SSSR count). The Balaban J connectivity index is 1.40. The molecular weight excluding hydrogens is 374 g/mol. The molecule has 1 unspecified atom stereocenters. The minimum Gasteiger partial charge on any atom is -0.379 e. The van der Waals surface area contributed by atoms with E-state index in [1.807, 2.05) is 18.2 Å². The molecule has 7 heteroatoms. The fourth-order valence-corrected chi connectivity index (χ4v) is 4.65. The Kier molecular flexibility index (Phi) is 6.04. The maximum absolute atomic E-state index is 12.7. The summed E-state index contributed by atoms with van der Waals surface area (Å²) in [7, 11) is 0. The summed E-state index contributed by atoms with van der Waals surface area (Å²) < 4.78 is 5.47. The van der Waals surface area contributed by atoms with E-state index in [0.717, 1.165) is 45.0 Å². The zero-order chi connectivity index (χ0) is 19.3. The first-order valence-corrected chi connectivity index (χ1v) is 10.6. The molecule has 2 aromatic rings. The van der Waals surface area contributed by atoms with Crippen LogP contribution in [0.25, 0.3) is 0 Å². The Hall–Kier alpha value is -2.22. The number of nitrogens with zero attached hydrogens (tertiary/aromatic N) is 2. The highest BCUT2D eigenvalue weighted by Crippen LogP contribution is 2.26. The van der Waals surface area contributed by atoms with E-state index in [4.69, 9.17) is 4.74 Å². The summed E-state index contributed by atoms with van der Waals surface area (Å²) in [6.07, 6.45) is 1.50. The van der Waals surface area contributed by atoms with Crippen LogP contribution in [0.15, 0.2) is 41.8 Å². The van der Waals surface area contributed by atoms with Crippen LogP contribution in [0.5, 0.6) is 0 Å². The van der Waals surface area contributed by atoms with Crippen LogP contribution in [0, 0.1) is 0 Å².